The Morgan fingerprint density at radius 2 is 1.76 bits per heavy atom. The SMILES string of the molecule is CC.CC(C)(OS(C)(C)C)c1ccnc(Cl)c1. The molecule has 0 aromatic carbocycles. The largest absolute Gasteiger partial charge is 0.327 e. The molecule has 0 aliphatic heterocycles. The van der Waals surface area contributed by atoms with Crippen LogP contribution < -0.4 is 0 Å². The number of pyridine rings is 1. The first-order valence-electron chi connectivity index (χ1n) is 5.72. The standard InChI is InChI=1S/C11H18ClNOS.C2H6/c1-11(2,14-15(3,4)5)9-6-7-13-10(12)8-9;1-2/h6-8H,1-5H3;1-2H3. The molecular weight excluding hydrogens is 254 g/mol. The molecule has 0 aliphatic carbocycles. The Morgan fingerprint density at radius 1 is 1.24 bits per heavy atom. The first-order chi connectivity index (χ1) is 7.71. The Morgan fingerprint density at radius 3 is 2.18 bits per heavy atom. The highest BCUT2D eigenvalue weighted by Crippen LogP contribution is 2.44. The van der Waals surface area contributed by atoms with Gasteiger partial charge >= 0.3 is 0 Å². The number of nitrogens with zero attached hydrogens (tertiary/aromatic N) is 1. The normalized spacial score (nSPS) is 12.7. The molecule has 0 saturated carbocycles. The van der Waals surface area contributed by atoms with Gasteiger partial charge in [0.05, 0.1) is 0 Å². The number of aromatic nitrogens is 1. The van der Waals surface area contributed by atoms with E-state index in [0.717, 1.165) is 5.56 Å². The van der Waals surface area contributed by atoms with Gasteiger partial charge in [-0.25, -0.2) is 4.98 Å². The summed E-state index contributed by atoms with van der Waals surface area (Å²) in [4.78, 5) is 3.97. The van der Waals surface area contributed by atoms with E-state index in [-0.39, 0.29) is 5.60 Å². The molecule has 100 valence electrons. The molecule has 0 fully saturated rings. The molecule has 1 aromatic heterocycles. The van der Waals surface area contributed by atoms with E-state index in [4.69, 9.17) is 15.8 Å². The Hall–Kier alpha value is -0.250. The quantitative estimate of drug-likeness (QED) is 0.752. The third kappa shape index (κ3) is 6.29. The lowest BCUT2D eigenvalue weighted by molar-refractivity contribution is 0.133. The van der Waals surface area contributed by atoms with Crippen LogP contribution in [-0.4, -0.2) is 23.8 Å². The Labute approximate surface area is 112 Å². The fourth-order valence-corrected chi connectivity index (χ4v) is 2.97. The van der Waals surface area contributed by atoms with Crippen molar-refractivity contribution in [2.45, 2.75) is 33.3 Å². The molecule has 0 spiro atoms. The summed E-state index contributed by atoms with van der Waals surface area (Å²) in [5.41, 5.74) is 0.741. The first kappa shape index (κ1) is 16.8. The van der Waals surface area contributed by atoms with E-state index in [9.17, 15) is 0 Å². The molecule has 0 bridgehead atoms. The van der Waals surface area contributed by atoms with Crippen LogP contribution in [0.3, 0.4) is 0 Å². The van der Waals surface area contributed by atoms with Gasteiger partial charge in [-0.05, 0) is 50.3 Å². The van der Waals surface area contributed by atoms with E-state index < -0.39 is 10.3 Å². The van der Waals surface area contributed by atoms with E-state index in [0.29, 0.717) is 5.15 Å². The molecule has 0 aliphatic rings. The van der Waals surface area contributed by atoms with Crippen molar-refractivity contribution in [3.63, 3.8) is 0 Å². The van der Waals surface area contributed by atoms with Crippen molar-refractivity contribution in [1.82, 2.24) is 4.98 Å². The van der Waals surface area contributed by atoms with Crippen molar-refractivity contribution in [2.24, 2.45) is 0 Å². The lowest BCUT2D eigenvalue weighted by atomic mass is 10.0. The van der Waals surface area contributed by atoms with Gasteiger partial charge in [0.15, 0.2) is 0 Å². The van der Waals surface area contributed by atoms with Crippen LogP contribution in [0.15, 0.2) is 18.3 Å². The van der Waals surface area contributed by atoms with Crippen LogP contribution in [0.4, 0.5) is 0 Å². The highest BCUT2D eigenvalue weighted by Gasteiger charge is 2.26. The van der Waals surface area contributed by atoms with Crippen LogP contribution >= 0.6 is 21.9 Å². The average molecular weight is 278 g/mol. The van der Waals surface area contributed by atoms with Gasteiger partial charge in [0, 0.05) is 6.20 Å². The first-order valence-corrected chi connectivity index (χ1v) is 8.88. The molecule has 0 unspecified atom stereocenters. The second-order valence-corrected chi connectivity index (χ2v) is 8.69. The molecule has 0 N–H and O–H groups in total. The minimum absolute atomic E-state index is 0.319. The topological polar surface area (TPSA) is 22.1 Å². The Bertz CT molecular complexity index is 348. The van der Waals surface area contributed by atoms with Crippen molar-refractivity contribution in [3.05, 3.63) is 29.0 Å². The molecule has 17 heavy (non-hydrogen) atoms. The number of rotatable bonds is 3. The second-order valence-electron chi connectivity index (χ2n) is 4.69. The smallest absolute Gasteiger partial charge is 0.129 e. The maximum Gasteiger partial charge on any atom is 0.129 e. The van der Waals surface area contributed by atoms with E-state index in [1.165, 1.54) is 0 Å². The molecule has 1 aromatic rings. The molecule has 1 rings (SSSR count). The van der Waals surface area contributed by atoms with Crippen molar-refractivity contribution in [1.29, 1.82) is 0 Å². The predicted molar refractivity (Wildman–Crippen MR) is 80.1 cm³/mol. The zero-order valence-corrected chi connectivity index (χ0v) is 13.4. The second kappa shape index (κ2) is 6.62. The highest BCUT2D eigenvalue weighted by atomic mass is 35.5. The summed E-state index contributed by atoms with van der Waals surface area (Å²) in [6, 6.07) is 3.80. The van der Waals surface area contributed by atoms with Crippen molar-refractivity contribution in [2.75, 3.05) is 18.8 Å². The Kier molecular flexibility index (Phi) is 6.52. The predicted octanol–water partition coefficient (Wildman–Crippen LogP) is 4.62. The molecule has 0 saturated heterocycles. The van der Waals surface area contributed by atoms with Crippen LogP contribution in [0.2, 0.25) is 5.15 Å². The van der Waals surface area contributed by atoms with Gasteiger partial charge in [-0.3, -0.25) is 0 Å². The number of hydrogen-bond acceptors (Lipinski definition) is 2. The maximum atomic E-state index is 6.06. The number of halogens is 1. The molecule has 2 nitrogen and oxygen atoms in total. The molecule has 1 heterocycles. The van der Waals surface area contributed by atoms with Crippen LogP contribution in [0.25, 0.3) is 0 Å². The summed E-state index contributed by atoms with van der Waals surface area (Å²) < 4.78 is 6.06. The van der Waals surface area contributed by atoms with E-state index in [1.54, 1.807) is 6.20 Å². The molecule has 0 atom stereocenters. The monoisotopic (exact) mass is 277 g/mol. The summed E-state index contributed by atoms with van der Waals surface area (Å²) >= 11 is 5.86. The van der Waals surface area contributed by atoms with E-state index >= 15 is 0 Å². The summed E-state index contributed by atoms with van der Waals surface area (Å²) in [6.45, 7) is 8.10. The zero-order chi connectivity index (χ0) is 13.7. The van der Waals surface area contributed by atoms with Gasteiger partial charge in [0.1, 0.15) is 10.8 Å². The third-order valence-corrected chi connectivity index (χ3v) is 3.00. The Balaban J connectivity index is 0.00000121. The van der Waals surface area contributed by atoms with Gasteiger partial charge in [0.25, 0.3) is 0 Å². The maximum absolute atomic E-state index is 6.06. The lowest BCUT2D eigenvalue weighted by Gasteiger charge is -2.37. The van der Waals surface area contributed by atoms with Crippen molar-refractivity contribution < 1.29 is 4.18 Å². The summed E-state index contributed by atoms with van der Waals surface area (Å²) in [5.74, 6) is 0. The van der Waals surface area contributed by atoms with Gasteiger partial charge in [0.2, 0.25) is 0 Å². The van der Waals surface area contributed by atoms with Crippen LogP contribution in [-0.2, 0) is 9.78 Å². The van der Waals surface area contributed by atoms with Crippen molar-refractivity contribution >= 4 is 21.9 Å². The fraction of sp³-hybridized carbons (Fsp3) is 0.615. The zero-order valence-electron chi connectivity index (χ0n) is 11.9. The molecule has 0 radical (unpaired) electrons. The summed E-state index contributed by atoms with van der Waals surface area (Å²) in [6.07, 6.45) is 8.08. The van der Waals surface area contributed by atoms with Crippen LogP contribution in [0, 0.1) is 0 Å². The lowest BCUT2D eigenvalue weighted by Crippen LogP contribution is -2.23. The average Bonchev–Trinajstić information content (AvgIpc) is 2.17. The van der Waals surface area contributed by atoms with Gasteiger partial charge in [-0.1, -0.05) is 25.4 Å². The minimum atomic E-state index is -1.01. The van der Waals surface area contributed by atoms with E-state index in [2.05, 4.69) is 37.6 Å². The summed E-state index contributed by atoms with van der Waals surface area (Å²) in [5, 5.41) is 0.507. The van der Waals surface area contributed by atoms with Gasteiger partial charge < -0.3 is 4.18 Å². The molecule has 4 heteroatoms. The fourth-order valence-electron chi connectivity index (χ4n) is 1.45. The van der Waals surface area contributed by atoms with Crippen LogP contribution in [0.1, 0.15) is 33.3 Å². The van der Waals surface area contributed by atoms with Crippen molar-refractivity contribution in [3.8, 4) is 0 Å². The molecule has 0 amide bonds. The minimum Gasteiger partial charge on any atom is -0.327 e. The molecular formula is C13H24ClNOS. The van der Waals surface area contributed by atoms with Crippen LogP contribution in [0.5, 0.6) is 0 Å². The van der Waals surface area contributed by atoms with Gasteiger partial charge in [-0.2, -0.15) is 0 Å². The highest BCUT2D eigenvalue weighted by molar-refractivity contribution is 8.28. The number of hydrogen-bond donors (Lipinski definition) is 0. The van der Waals surface area contributed by atoms with E-state index in [1.807, 2.05) is 26.0 Å². The van der Waals surface area contributed by atoms with Gasteiger partial charge in [-0.15, -0.1) is 10.3 Å². The summed E-state index contributed by atoms with van der Waals surface area (Å²) in [7, 11) is -1.01. The third-order valence-electron chi connectivity index (χ3n) is 1.88.